The summed E-state index contributed by atoms with van der Waals surface area (Å²) in [6, 6.07) is 2.76. The molecule has 0 saturated heterocycles. The number of Topliss-reactive ketones (excluding diaryl/α,β-unsaturated/α-hetero) is 3. The SMILES string of the molecule is C.C.C.C.C.C=C(C)CC(O)c1cc(=O)c(OC)c(C(=O)CC)[nH]1.C=C(CC)CC(C)c1cc(=O)c(OC)c(C(=O)CC)[nH]1.CCC(=O)c1c(OC)c(=O)c(Br)c2n1C(CC)(CBr)CC2C.CCC12CC(C)c3c(Br)c(=O)c(OC)c(n31)C(=O)N(C)C2.CCC12CC(O)c3c(Br)c(=O)c(OC)c(n31)C(=O)N(C)C2. The zero-order valence-corrected chi connectivity index (χ0v) is 68.7. The lowest BCUT2D eigenvalue weighted by Crippen LogP contribution is -2.51. The number of pyridine rings is 5. The molecule has 108 heavy (non-hydrogen) atoms. The van der Waals surface area contributed by atoms with Gasteiger partial charge in [-0.15, -0.1) is 6.58 Å². The van der Waals surface area contributed by atoms with Crippen molar-refractivity contribution in [3.63, 3.8) is 0 Å². The number of ether oxygens (including phenoxy) is 5. The van der Waals surface area contributed by atoms with Gasteiger partial charge in [0.05, 0.1) is 83.5 Å². The molecule has 0 fully saturated rings. The van der Waals surface area contributed by atoms with E-state index in [1.165, 1.54) is 47.7 Å². The molecule has 0 radical (unpaired) electrons. The summed E-state index contributed by atoms with van der Waals surface area (Å²) in [4.78, 5) is 132. The molecule has 0 spiro atoms. The summed E-state index contributed by atoms with van der Waals surface area (Å²) in [5.74, 6) is 0.149. The van der Waals surface area contributed by atoms with Gasteiger partial charge in [0.25, 0.3) is 11.8 Å². The molecule has 0 aromatic carbocycles. The topological polar surface area (TPSA) is 310 Å². The highest BCUT2D eigenvalue weighted by atomic mass is 79.9. The maximum absolute atomic E-state index is 12.6. The first kappa shape index (κ1) is 99.0. The Morgan fingerprint density at radius 3 is 1.32 bits per heavy atom. The standard InChI is InChI=1S/C16H21Br2NO3.C16H23NO3.C15H19BrN2O3.C14H17BrN2O4.C14H19NO4.5CH4/c1-5-10(20)13-15(22-4)14(21)11(18)12-9(3)7-16(6-2,8-17)19(12)13;1-6-10(3)8-11(4)12-9-14(19)16(20-5)15(17-12)13(18)7-2;1-5-15-6-8(2)10-9(16)12(19)13(21-4)11(18(10)15)14(20)17(3)7-15;1-4-14-5-7(18)9-8(15)11(19)12(21-3)10(17(9)14)13(20)16(2)6-14;1-5-10(16)13-14(19-4)12(18)7-9(15-13)11(17)6-8(2)3;;;;;/h9H,5-8H2,1-4H3;9,11H,3,6-8H2,1-2,4-5H3,(H,17,19);8H,5-7H2,1-4H3;7,18H,4-6H2,1-3H3;7,11,17H,2,5-6H2,1,3-4H3,(H,15,18);5*1H4. The van der Waals surface area contributed by atoms with Gasteiger partial charge in [-0.1, -0.05) is 140 Å². The number of fused-ring (bicyclic) bond motifs is 1. The minimum Gasteiger partial charge on any atom is -0.491 e. The number of rotatable bonds is 22. The van der Waals surface area contributed by atoms with Crippen molar-refractivity contribution in [1.82, 2.24) is 33.5 Å². The molecule has 0 bridgehead atoms. The number of halogens is 4. The smallest absolute Gasteiger partial charge is 0.274 e. The van der Waals surface area contributed by atoms with Crippen LogP contribution in [0.25, 0.3) is 0 Å². The van der Waals surface area contributed by atoms with Crippen LogP contribution in [0.15, 0.2) is 73.8 Å². The molecule has 24 nitrogen and oxygen atoms in total. The van der Waals surface area contributed by atoms with Gasteiger partial charge in [0.15, 0.2) is 57.5 Å². The van der Waals surface area contributed by atoms with Crippen molar-refractivity contribution >= 4 is 92.9 Å². The first-order valence-electron chi connectivity index (χ1n) is 34.5. The van der Waals surface area contributed by atoms with Gasteiger partial charge in [-0.05, 0) is 124 Å². The summed E-state index contributed by atoms with van der Waals surface area (Å²) < 4.78 is 33.1. The summed E-state index contributed by atoms with van der Waals surface area (Å²) in [6.07, 6.45) is 6.11. The van der Waals surface area contributed by atoms with Gasteiger partial charge in [-0.2, -0.15) is 0 Å². The summed E-state index contributed by atoms with van der Waals surface area (Å²) in [5, 5.41) is 21.1. The highest BCUT2D eigenvalue weighted by molar-refractivity contribution is 9.11. The number of ketones is 3. The van der Waals surface area contributed by atoms with Crippen LogP contribution in [0.3, 0.4) is 0 Å². The van der Waals surface area contributed by atoms with Crippen LogP contribution in [-0.4, -0.2) is 141 Å². The Balaban J connectivity index is 0.000000668. The third kappa shape index (κ3) is 18.6. The number of nitrogens with one attached hydrogen (secondary N) is 2. The Morgan fingerprint density at radius 1 is 0.556 bits per heavy atom. The van der Waals surface area contributed by atoms with Crippen molar-refractivity contribution in [3.05, 3.63) is 158 Å². The molecule has 8 unspecified atom stereocenters. The highest BCUT2D eigenvalue weighted by Gasteiger charge is 2.53. The maximum atomic E-state index is 12.6. The zero-order valence-electron chi connectivity index (χ0n) is 62.3. The van der Waals surface area contributed by atoms with Crippen LogP contribution < -0.4 is 50.8 Å². The Morgan fingerprint density at radius 2 is 0.935 bits per heavy atom. The van der Waals surface area contributed by atoms with E-state index in [0.29, 0.717) is 70.5 Å². The average molecular weight is 1770 g/mol. The van der Waals surface area contributed by atoms with E-state index in [1.807, 2.05) is 18.4 Å². The summed E-state index contributed by atoms with van der Waals surface area (Å²) >= 11 is 13.8. The minimum atomic E-state index is -0.889. The Bertz CT molecular complexity index is 4340. The van der Waals surface area contributed by atoms with E-state index in [2.05, 4.69) is 131 Å². The minimum absolute atomic E-state index is 0. The number of carbonyl (C=O) groups excluding carboxylic acids is 5. The molecule has 10 heterocycles. The van der Waals surface area contributed by atoms with Crippen molar-refractivity contribution < 1.29 is 57.9 Å². The number of carbonyl (C=O) groups is 5. The monoisotopic (exact) mass is 1770 g/mol. The largest absolute Gasteiger partial charge is 0.491 e. The fourth-order valence-corrected chi connectivity index (χ4v) is 17.9. The number of aliphatic hydroxyl groups is 2. The maximum Gasteiger partial charge on any atom is 0.274 e. The van der Waals surface area contributed by atoms with Crippen LogP contribution in [0.1, 0.15) is 301 Å². The molecule has 8 atom stereocenters. The number of alkyl halides is 1. The molecule has 2 amide bonds. The Labute approximate surface area is 671 Å². The van der Waals surface area contributed by atoms with Crippen LogP contribution in [0.5, 0.6) is 28.7 Å². The van der Waals surface area contributed by atoms with Crippen LogP contribution >= 0.6 is 63.7 Å². The van der Waals surface area contributed by atoms with E-state index in [9.17, 15) is 58.2 Å². The number of aliphatic hydroxyl groups excluding tert-OH is 2. The van der Waals surface area contributed by atoms with Gasteiger partial charge in [0.1, 0.15) is 17.1 Å². The number of hydrogen-bond donors (Lipinski definition) is 4. The molecule has 0 aliphatic carbocycles. The van der Waals surface area contributed by atoms with Gasteiger partial charge in [-0.25, -0.2) is 0 Å². The first-order chi connectivity index (χ1) is 48.5. The molecule has 604 valence electrons. The van der Waals surface area contributed by atoms with E-state index in [4.69, 9.17) is 23.7 Å². The molecular weight excluding hydrogens is 1650 g/mol. The number of H-pyrrole nitrogens is 2. The van der Waals surface area contributed by atoms with Gasteiger partial charge in [0, 0.05) is 93.1 Å². The number of aromatic nitrogens is 5. The lowest BCUT2D eigenvalue weighted by atomic mass is 9.87. The van der Waals surface area contributed by atoms with E-state index in [-0.39, 0.29) is 168 Å². The Kier molecular flexibility index (Phi) is 37.4. The van der Waals surface area contributed by atoms with Crippen molar-refractivity contribution in [3.8, 4) is 28.7 Å². The number of likely N-dealkylation sites (N-methyl/N-ethyl adjacent to an activating group) is 2. The second-order valence-corrected chi connectivity index (χ2v) is 30.0. The molecule has 5 aromatic heterocycles. The van der Waals surface area contributed by atoms with Crippen molar-refractivity contribution in [1.29, 1.82) is 0 Å². The molecule has 5 aromatic rings. The van der Waals surface area contributed by atoms with Crippen LogP contribution in [-0.2, 0) is 16.6 Å². The normalized spacial score (nSPS) is 19.6. The highest BCUT2D eigenvalue weighted by Crippen LogP contribution is 2.52. The van der Waals surface area contributed by atoms with E-state index in [0.717, 1.165) is 78.5 Å². The van der Waals surface area contributed by atoms with Gasteiger partial charge in [-0.3, -0.25) is 47.9 Å². The number of allylic oxidation sites excluding steroid dienone is 1. The molecule has 5 aliphatic heterocycles. The van der Waals surface area contributed by atoms with E-state index < -0.39 is 28.6 Å². The molecule has 10 rings (SSSR count). The Hall–Kier alpha value is -6.98. The predicted octanol–water partition coefficient (Wildman–Crippen LogP) is 16.4. The van der Waals surface area contributed by atoms with Gasteiger partial charge >= 0.3 is 0 Å². The summed E-state index contributed by atoms with van der Waals surface area (Å²) in [5.41, 5.74) is 4.42. The number of nitrogens with zero attached hydrogens (tertiary/aromatic N) is 5. The van der Waals surface area contributed by atoms with Gasteiger partial charge in [0.2, 0.25) is 27.1 Å². The average Bonchev–Trinajstić information content (AvgIpc) is 1.54. The lowest BCUT2D eigenvalue weighted by Gasteiger charge is -2.42. The van der Waals surface area contributed by atoms with Crippen molar-refractivity contribution in [2.45, 2.75) is 237 Å². The second kappa shape index (κ2) is 40.8. The van der Waals surface area contributed by atoms with Gasteiger partial charge < -0.3 is 67.4 Å². The third-order valence-electron chi connectivity index (χ3n) is 20.3. The molecule has 4 N–H and O–H groups in total. The van der Waals surface area contributed by atoms with Crippen molar-refractivity contribution in [2.24, 2.45) is 0 Å². The fraction of sp³-hybridized carbons (Fsp3) is 0.575. The van der Waals surface area contributed by atoms with Crippen LogP contribution in [0, 0.1) is 0 Å². The number of amides is 2. The number of hydrogen-bond acceptors (Lipinski definition) is 17. The predicted molar refractivity (Wildman–Crippen MR) is 445 cm³/mol. The zero-order chi connectivity index (χ0) is 77.6. The van der Waals surface area contributed by atoms with Crippen molar-refractivity contribution in [2.75, 3.05) is 68.1 Å². The number of methoxy groups -OCH3 is 5. The summed E-state index contributed by atoms with van der Waals surface area (Å²) in [6.45, 7) is 30.5. The third-order valence-corrected chi connectivity index (χ3v) is 23.6. The molecule has 5 aliphatic rings. The summed E-state index contributed by atoms with van der Waals surface area (Å²) in [7, 11) is 10.5. The van der Waals surface area contributed by atoms with Crippen LogP contribution in [0.2, 0.25) is 0 Å². The lowest BCUT2D eigenvalue weighted by molar-refractivity contribution is 0.0567. The van der Waals surface area contributed by atoms with Crippen LogP contribution in [0.4, 0.5) is 0 Å². The molecular formula is C80H119Br4N7O17. The fourth-order valence-electron chi connectivity index (χ4n) is 14.9. The molecule has 28 heteroatoms. The molecule has 0 saturated carbocycles. The first-order valence-corrected chi connectivity index (χ1v) is 38.0. The second-order valence-electron chi connectivity index (χ2n) is 27.1. The van der Waals surface area contributed by atoms with E-state index in [1.54, 1.807) is 51.6 Å². The number of aromatic amines is 2. The quantitative estimate of drug-likeness (QED) is 0.0284. The van der Waals surface area contributed by atoms with E-state index >= 15 is 0 Å².